The standard InChI is InChI=1S/C12H17N5S2/c1-4-9(13)10-6-5-8(7-14-10)18-12-16-15-11(19-12)17(2)3/h5-7,9H,4,13H2,1-3H3/t9-/m0/s1. The second-order valence-electron chi connectivity index (χ2n) is 4.28. The Morgan fingerprint density at radius 3 is 2.68 bits per heavy atom. The molecule has 0 unspecified atom stereocenters. The third-order valence-corrected chi connectivity index (χ3v) is 4.68. The van der Waals surface area contributed by atoms with Crippen molar-refractivity contribution in [2.45, 2.75) is 28.6 Å². The maximum atomic E-state index is 5.94. The van der Waals surface area contributed by atoms with E-state index in [9.17, 15) is 0 Å². The molecular weight excluding hydrogens is 278 g/mol. The van der Waals surface area contributed by atoms with E-state index in [-0.39, 0.29) is 6.04 Å². The van der Waals surface area contributed by atoms with Gasteiger partial charge in [0.1, 0.15) is 0 Å². The molecule has 0 amide bonds. The first-order chi connectivity index (χ1) is 9.10. The molecule has 0 aliphatic rings. The van der Waals surface area contributed by atoms with Crippen LogP contribution >= 0.6 is 23.1 Å². The lowest BCUT2D eigenvalue weighted by Crippen LogP contribution is -2.10. The van der Waals surface area contributed by atoms with Crippen molar-refractivity contribution < 1.29 is 0 Å². The Labute approximate surface area is 121 Å². The van der Waals surface area contributed by atoms with Gasteiger partial charge in [-0.15, -0.1) is 10.2 Å². The van der Waals surface area contributed by atoms with E-state index in [4.69, 9.17) is 5.73 Å². The molecule has 0 radical (unpaired) electrons. The van der Waals surface area contributed by atoms with Crippen LogP contribution in [0.15, 0.2) is 27.6 Å². The molecular formula is C12H17N5S2. The molecule has 0 bridgehead atoms. The molecule has 0 fully saturated rings. The number of anilines is 1. The number of rotatable bonds is 5. The van der Waals surface area contributed by atoms with E-state index in [1.807, 2.05) is 37.3 Å². The topological polar surface area (TPSA) is 67.9 Å². The summed E-state index contributed by atoms with van der Waals surface area (Å²) in [6.45, 7) is 2.05. The van der Waals surface area contributed by atoms with Crippen LogP contribution in [0.2, 0.25) is 0 Å². The van der Waals surface area contributed by atoms with Crippen molar-refractivity contribution in [2.75, 3.05) is 19.0 Å². The van der Waals surface area contributed by atoms with Gasteiger partial charge in [0.15, 0.2) is 4.34 Å². The van der Waals surface area contributed by atoms with Gasteiger partial charge in [-0.05, 0) is 18.6 Å². The Kier molecular flexibility index (Phi) is 4.73. The van der Waals surface area contributed by atoms with Gasteiger partial charge in [-0.2, -0.15) is 0 Å². The van der Waals surface area contributed by atoms with Gasteiger partial charge in [0, 0.05) is 31.2 Å². The van der Waals surface area contributed by atoms with Crippen molar-refractivity contribution in [2.24, 2.45) is 5.73 Å². The number of hydrogen-bond donors (Lipinski definition) is 1. The molecule has 0 saturated heterocycles. The number of nitrogens with two attached hydrogens (primary N) is 1. The third kappa shape index (κ3) is 3.65. The monoisotopic (exact) mass is 295 g/mol. The molecule has 2 aromatic heterocycles. The van der Waals surface area contributed by atoms with Crippen LogP contribution in [0, 0.1) is 0 Å². The quantitative estimate of drug-likeness (QED) is 0.914. The molecule has 0 aliphatic carbocycles. The highest BCUT2D eigenvalue weighted by Gasteiger charge is 2.09. The average molecular weight is 295 g/mol. The van der Waals surface area contributed by atoms with Crippen molar-refractivity contribution in [1.82, 2.24) is 15.2 Å². The summed E-state index contributed by atoms with van der Waals surface area (Å²) in [6, 6.07) is 4.02. The largest absolute Gasteiger partial charge is 0.353 e. The summed E-state index contributed by atoms with van der Waals surface area (Å²) in [4.78, 5) is 7.39. The van der Waals surface area contributed by atoms with Crippen LogP contribution in [0.3, 0.4) is 0 Å². The summed E-state index contributed by atoms with van der Waals surface area (Å²) < 4.78 is 0.915. The summed E-state index contributed by atoms with van der Waals surface area (Å²) in [5.74, 6) is 0. The van der Waals surface area contributed by atoms with E-state index < -0.39 is 0 Å². The van der Waals surface area contributed by atoms with Gasteiger partial charge in [0.2, 0.25) is 5.13 Å². The number of hydrogen-bond acceptors (Lipinski definition) is 7. The summed E-state index contributed by atoms with van der Waals surface area (Å²) in [5, 5.41) is 9.15. The minimum absolute atomic E-state index is 0.0147. The lowest BCUT2D eigenvalue weighted by molar-refractivity contribution is 0.674. The molecule has 0 spiro atoms. The lowest BCUT2D eigenvalue weighted by Gasteiger charge is -2.07. The van der Waals surface area contributed by atoms with Crippen LogP contribution in [-0.2, 0) is 0 Å². The van der Waals surface area contributed by atoms with Gasteiger partial charge in [-0.3, -0.25) is 4.98 Å². The second-order valence-corrected chi connectivity index (χ2v) is 6.56. The van der Waals surface area contributed by atoms with Crippen molar-refractivity contribution in [3.05, 3.63) is 24.0 Å². The Morgan fingerprint density at radius 1 is 1.37 bits per heavy atom. The molecule has 19 heavy (non-hydrogen) atoms. The first kappa shape index (κ1) is 14.2. The predicted molar refractivity (Wildman–Crippen MR) is 79.8 cm³/mol. The fourth-order valence-corrected chi connectivity index (χ4v) is 3.11. The molecule has 2 N–H and O–H groups in total. The summed E-state index contributed by atoms with van der Waals surface area (Å²) in [6.07, 6.45) is 2.73. The van der Waals surface area contributed by atoms with E-state index >= 15 is 0 Å². The van der Waals surface area contributed by atoms with E-state index in [2.05, 4.69) is 22.1 Å². The van der Waals surface area contributed by atoms with Crippen LogP contribution in [-0.4, -0.2) is 29.3 Å². The van der Waals surface area contributed by atoms with Crippen LogP contribution in [0.1, 0.15) is 25.1 Å². The third-order valence-electron chi connectivity index (χ3n) is 2.56. The zero-order valence-electron chi connectivity index (χ0n) is 11.2. The number of nitrogens with zero attached hydrogens (tertiary/aromatic N) is 4. The highest BCUT2D eigenvalue weighted by atomic mass is 32.2. The van der Waals surface area contributed by atoms with Crippen molar-refractivity contribution in [3.63, 3.8) is 0 Å². The van der Waals surface area contributed by atoms with Gasteiger partial charge in [-0.25, -0.2) is 0 Å². The summed E-state index contributed by atoms with van der Waals surface area (Å²) >= 11 is 3.13. The summed E-state index contributed by atoms with van der Waals surface area (Å²) in [7, 11) is 3.91. The van der Waals surface area contributed by atoms with Crippen LogP contribution in [0.5, 0.6) is 0 Å². The number of aromatic nitrogens is 3. The molecule has 0 aromatic carbocycles. The van der Waals surface area contributed by atoms with Crippen LogP contribution in [0.4, 0.5) is 5.13 Å². The molecule has 2 heterocycles. The second kappa shape index (κ2) is 6.31. The molecule has 1 atom stereocenters. The predicted octanol–water partition coefficient (Wildman–Crippen LogP) is 2.56. The zero-order chi connectivity index (χ0) is 13.8. The van der Waals surface area contributed by atoms with Crippen LogP contribution in [0.25, 0.3) is 0 Å². The highest BCUT2D eigenvalue weighted by molar-refractivity contribution is 8.01. The fourth-order valence-electron chi connectivity index (χ4n) is 1.41. The van der Waals surface area contributed by atoms with Crippen LogP contribution < -0.4 is 10.6 Å². The Bertz CT molecular complexity index is 523. The van der Waals surface area contributed by atoms with Gasteiger partial charge in [-0.1, -0.05) is 30.0 Å². The molecule has 0 aliphatic heterocycles. The Morgan fingerprint density at radius 2 is 2.16 bits per heavy atom. The highest BCUT2D eigenvalue weighted by Crippen LogP contribution is 2.32. The number of pyridine rings is 1. The van der Waals surface area contributed by atoms with E-state index in [0.29, 0.717) is 0 Å². The summed E-state index contributed by atoms with van der Waals surface area (Å²) in [5.41, 5.74) is 6.87. The maximum absolute atomic E-state index is 5.94. The maximum Gasteiger partial charge on any atom is 0.208 e. The van der Waals surface area contributed by atoms with Crippen molar-refractivity contribution in [3.8, 4) is 0 Å². The van der Waals surface area contributed by atoms with Crippen molar-refractivity contribution >= 4 is 28.2 Å². The zero-order valence-corrected chi connectivity index (χ0v) is 12.8. The first-order valence-corrected chi connectivity index (χ1v) is 7.63. The minimum Gasteiger partial charge on any atom is -0.353 e. The molecule has 5 nitrogen and oxygen atoms in total. The van der Waals surface area contributed by atoms with E-state index in [0.717, 1.165) is 26.5 Å². The van der Waals surface area contributed by atoms with Gasteiger partial charge < -0.3 is 10.6 Å². The Balaban J connectivity index is 2.06. The lowest BCUT2D eigenvalue weighted by atomic mass is 10.1. The van der Waals surface area contributed by atoms with E-state index in [1.54, 1.807) is 23.1 Å². The first-order valence-electron chi connectivity index (χ1n) is 6.00. The average Bonchev–Trinajstić information content (AvgIpc) is 2.87. The van der Waals surface area contributed by atoms with Gasteiger partial charge >= 0.3 is 0 Å². The fraction of sp³-hybridized carbons (Fsp3) is 0.417. The Hall–Kier alpha value is -1.18. The smallest absolute Gasteiger partial charge is 0.208 e. The minimum atomic E-state index is 0.0147. The molecule has 0 saturated carbocycles. The van der Waals surface area contributed by atoms with Gasteiger partial charge in [0.25, 0.3) is 0 Å². The molecule has 2 rings (SSSR count). The van der Waals surface area contributed by atoms with Gasteiger partial charge in [0.05, 0.1) is 5.69 Å². The molecule has 102 valence electrons. The van der Waals surface area contributed by atoms with E-state index in [1.165, 1.54) is 0 Å². The normalized spacial score (nSPS) is 12.4. The van der Waals surface area contributed by atoms with Crippen molar-refractivity contribution in [1.29, 1.82) is 0 Å². The SMILES string of the molecule is CC[C@H](N)c1ccc(Sc2nnc(N(C)C)s2)cn1. The molecule has 7 heteroatoms. The molecule has 2 aromatic rings.